The van der Waals surface area contributed by atoms with Crippen LogP contribution >= 0.6 is 0 Å². The molecule has 4 aliphatic carbocycles. The van der Waals surface area contributed by atoms with Gasteiger partial charge in [-0.05, 0) is 91.3 Å². The highest BCUT2D eigenvalue weighted by molar-refractivity contribution is 5.72. The third-order valence-corrected chi connectivity index (χ3v) is 13.3. The first-order valence-corrected chi connectivity index (χ1v) is 19.7. The number of hydrogen-bond acceptors (Lipinski definition) is 6. The van der Waals surface area contributed by atoms with Crippen molar-refractivity contribution in [2.75, 3.05) is 33.0 Å². The highest BCUT2D eigenvalue weighted by Gasteiger charge is 2.59. The van der Waals surface area contributed by atoms with Gasteiger partial charge >= 0.3 is 12.1 Å². The van der Waals surface area contributed by atoms with Gasteiger partial charge in [-0.25, -0.2) is 18.0 Å². The van der Waals surface area contributed by atoms with Crippen molar-refractivity contribution in [3.8, 4) is 5.75 Å². The van der Waals surface area contributed by atoms with Crippen molar-refractivity contribution in [3.05, 3.63) is 40.7 Å². The van der Waals surface area contributed by atoms with Crippen molar-refractivity contribution in [1.82, 2.24) is 5.32 Å². The van der Waals surface area contributed by atoms with E-state index in [1.165, 1.54) is 50.5 Å². The van der Waals surface area contributed by atoms with Crippen LogP contribution in [0, 0.1) is 75.4 Å². The number of carbonyl (C=O) groups excluding carboxylic acids is 2. The van der Waals surface area contributed by atoms with Crippen molar-refractivity contribution in [1.29, 1.82) is 0 Å². The Morgan fingerprint density at radius 1 is 0.830 bits per heavy atom. The van der Waals surface area contributed by atoms with Gasteiger partial charge in [0.05, 0.1) is 32.8 Å². The summed E-state index contributed by atoms with van der Waals surface area (Å²) < 4.78 is 87.8. The lowest BCUT2D eigenvalue weighted by molar-refractivity contribution is -0.136. The molecule has 1 aromatic carbocycles. The van der Waals surface area contributed by atoms with Crippen LogP contribution in [0.3, 0.4) is 0 Å². The number of amides is 1. The molecule has 3 fully saturated rings. The van der Waals surface area contributed by atoms with Crippen LogP contribution in [-0.2, 0) is 19.0 Å². The highest BCUT2D eigenvalue weighted by atomic mass is 19.2. The van der Waals surface area contributed by atoms with Crippen LogP contribution < -0.4 is 10.1 Å². The standard InChI is InChI=1S/C41H58F5NO6/c1-24(2)7-6-8-25(3)29-11-12-30-28-10-9-26-23-27(13-16-40(26,4)31(28)14-17-41(29,30)5)52-39(49)47-18-20-51-22-21-50-19-15-32(48)53-38-36(45)34(43)33(42)35(44)37(38)46/h9,24-25,27-31H,6-8,10-23H2,1-5H3,(H,47,49)/t25-,27+,28+,29?,30+,31+,40+,41-/m1/s1. The second-order valence-corrected chi connectivity index (χ2v) is 16.8. The van der Waals surface area contributed by atoms with Crippen LogP contribution in [0.15, 0.2) is 11.6 Å². The number of rotatable bonds is 16. The van der Waals surface area contributed by atoms with Crippen molar-refractivity contribution in [2.45, 2.75) is 118 Å². The number of hydrogen-bond donors (Lipinski definition) is 1. The summed E-state index contributed by atoms with van der Waals surface area (Å²) in [5.41, 5.74) is 2.10. The molecule has 0 aromatic heterocycles. The molecular weight excluding hydrogens is 697 g/mol. The number of esters is 1. The maximum atomic E-state index is 13.7. The van der Waals surface area contributed by atoms with E-state index in [9.17, 15) is 31.5 Å². The number of allylic oxidation sites excluding steroid dienone is 1. The molecule has 1 unspecified atom stereocenters. The molecule has 0 aliphatic heterocycles. The minimum Gasteiger partial charge on any atom is -0.446 e. The van der Waals surface area contributed by atoms with Crippen molar-refractivity contribution in [2.24, 2.45) is 46.3 Å². The first-order valence-electron chi connectivity index (χ1n) is 19.7. The molecule has 3 saturated carbocycles. The Bertz CT molecular complexity index is 1460. The van der Waals surface area contributed by atoms with Crippen LogP contribution in [0.1, 0.15) is 112 Å². The van der Waals surface area contributed by atoms with Crippen molar-refractivity contribution >= 4 is 12.1 Å². The first-order chi connectivity index (χ1) is 25.2. The summed E-state index contributed by atoms with van der Waals surface area (Å²) in [5, 5.41) is 2.73. The van der Waals surface area contributed by atoms with Gasteiger partial charge in [-0.15, -0.1) is 0 Å². The quantitative estimate of drug-likeness (QED) is 0.0344. The molecule has 4 aliphatic rings. The van der Waals surface area contributed by atoms with Crippen LogP contribution in [0.5, 0.6) is 5.75 Å². The van der Waals surface area contributed by atoms with E-state index >= 15 is 0 Å². The number of ether oxygens (including phenoxy) is 4. The Morgan fingerprint density at radius 3 is 2.21 bits per heavy atom. The summed E-state index contributed by atoms with van der Waals surface area (Å²) in [7, 11) is 0. The number of nitrogens with one attached hydrogen (secondary N) is 1. The molecule has 298 valence electrons. The zero-order chi connectivity index (χ0) is 38.5. The van der Waals surface area contributed by atoms with Gasteiger partial charge in [0.2, 0.25) is 34.8 Å². The van der Waals surface area contributed by atoms with Gasteiger partial charge in [0.15, 0.2) is 0 Å². The zero-order valence-electron chi connectivity index (χ0n) is 32.0. The largest absolute Gasteiger partial charge is 0.446 e. The molecule has 5 rings (SSSR count). The summed E-state index contributed by atoms with van der Waals surface area (Å²) in [5.74, 6) is -9.44. The molecule has 0 radical (unpaired) electrons. The van der Waals surface area contributed by atoms with E-state index in [-0.39, 0.29) is 44.5 Å². The van der Waals surface area contributed by atoms with E-state index < -0.39 is 53.3 Å². The Kier molecular flexibility index (Phi) is 13.9. The first kappa shape index (κ1) is 41.4. The van der Waals surface area contributed by atoms with Crippen LogP contribution in [0.2, 0.25) is 0 Å². The summed E-state index contributed by atoms with van der Waals surface area (Å²) in [6.07, 6.45) is 14.6. The fraction of sp³-hybridized carbons (Fsp3) is 0.756. The molecule has 0 spiro atoms. The Hall–Kier alpha value is -2.73. The lowest BCUT2D eigenvalue weighted by Gasteiger charge is -2.58. The third kappa shape index (κ3) is 9.22. The van der Waals surface area contributed by atoms with Gasteiger partial charge in [-0.3, -0.25) is 4.79 Å². The molecule has 1 aromatic rings. The summed E-state index contributed by atoms with van der Waals surface area (Å²) >= 11 is 0. The SMILES string of the molecule is CC(C)CCC[C@@H](C)C1CC[C@H]2[C@@H]3CC=C4C[C@@H](OC(=O)NCCOCCOCCC(=O)Oc5c(F)c(F)c(F)c(F)c5F)CC[C@]4(C)[C@H]3CC[C@]12C. The molecule has 7 nitrogen and oxygen atoms in total. The minimum atomic E-state index is -2.34. The molecule has 0 heterocycles. The Balaban J connectivity index is 0.967. The number of halogens is 5. The van der Waals surface area contributed by atoms with Gasteiger partial charge in [0, 0.05) is 13.0 Å². The predicted molar refractivity (Wildman–Crippen MR) is 189 cm³/mol. The normalized spacial score (nSPS) is 29.9. The molecule has 53 heavy (non-hydrogen) atoms. The summed E-state index contributed by atoms with van der Waals surface area (Å²) in [4.78, 5) is 24.4. The van der Waals surface area contributed by atoms with Crippen LogP contribution in [0.25, 0.3) is 0 Å². The van der Waals surface area contributed by atoms with Crippen molar-refractivity contribution in [3.63, 3.8) is 0 Å². The predicted octanol–water partition coefficient (Wildman–Crippen LogP) is 9.85. The third-order valence-electron chi connectivity index (χ3n) is 13.3. The van der Waals surface area contributed by atoms with Gasteiger partial charge in [-0.1, -0.05) is 65.5 Å². The maximum Gasteiger partial charge on any atom is 0.407 e. The molecule has 1 amide bonds. The van der Waals surface area contributed by atoms with E-state index in [2.05, 4.69) is 50.7 Å². The second-order valence-electron chi connectivity index (χ2n) is 16.8. The monoisotopic (exact) mass is 755 g/mol. The number of alkyl carbamates (subject to hydrolysis) is 1. The lowest BCUT2D eigenvalue weighted by atomic mass is 9.47. The zero-order valence-corrected chi connectivity index (χ0v) is 32.0. The van der Waals surface area contributed by atoms with Crippen LogP contribution in [-0.4, -0.2) is 51.1 Å². The minimum absolute atomic E-state index is 0.0518. The number of carbonyl (C=O) groups is 2. The maximum absolute atomic E-state index is 13.7. The molecular formula is C41H58F5NO6. The van der Waals surface area contributed by atoms with Gasteiger partial charge in [0.1, 0.15) is 6.10 Å². The average molecular weight is 756 g/mol. The number of fused-ring (bicyclic) bond motifs is 5. The second kappa shape index (κ2) is 17.8. The van der Waals surface area contributed by atoms with Crippen LogP contribution in [0.4, 0.5) is 26.7 Å². The molecule has 0 saturated heterocycles. The molecule has 8 atom stereocenters. The Morgan fingerprint density at radius 2 is 1.51 bits per heavy atom. The summed E-state index contributed by atoms with van der Waals surface area (Å²) in [6.45, 7) is 12.6. The Labute approximate surface area is 311 Å². The summed E-state index contributed by atoms with van der Waals surface area (Å²) in [6, 6.07) is 0. The average Bonchev–Trinajstić information content (AvgIpc) is 3.48. The number of benzene rings is 1. The molecule has 0 bridgehead atoms. The van der Waals surface area contributed by atoms with Gasteiger partial charge in [-0.2, -0.15) is 8.78 Å². The fourth-order valence-corrected chi connectivity index (χ4v) is 10.5. The topological polar surface area (TPSA) is 83.1 Å². The molecule has 12 heteroatoms. The van der Waals surface area contributed by atoms with Gasteiger partial charge in [0.25, 0.3) is 0 Å². The van der Waals surface area contributed by atoms with Crippen molar-refractivity contribution < 1.29 is 50.5 Å². The molecule has 1 N–H and O–H groups in total. The van der Waals surface area contributed by atoms with E-state index in [1.807, 2.05) is 0 Å². The van der Waals surface area contributed by atoms with E-state index in [1.54, 1.807) is 0 Å². The van der Waals surface area contributed by atoms with E-state index in [0.29, 0.717) is 11.3 Å². The van der Waals surface area contributed by atoms with E-state index in [4.69, 9.17) is 14.2 Å². The van der Waals surface area contributed by atoms with Gasteiger partial charge < -0.3 is 24.3 Å². The van der Waals surface area contributed by atoms with E-state index in [0.717, 1.165) is 55.3 Å². The lowest BCUT2D eigenvalue weighted by Crippen LogP contribution is -2.51. The highest BCUT2D eigenvalue weighted by Crippen LogP contribution is 2.67. The fourth-order valence-electron chi connectivity index (χ4n) is 10.5. The smallest absolute Gasteiger partial charge is 0.407 e.